The number of imidazole rings is 1. The average Bonchev–Trinajstić information content (AvgIpc) is 2.64. The quantitative estimate of drug-likeness (QED) is 0.824. The fourth-order valence-corrected chi connectivity index (χ4v) is 3.07. The Morgan fingerprint density at radius 1 is 1.28 bits per heavy atom. The van der Waals surface area contributed by atoms with Crippen molar-refractivity contribution in [2.24, 2.45) is 11.7 Å². The second-order valence-corrected chi connectivity index (χ2v) is 6.11. The zero-order valence-corrected chi connectivity index (χ0v) is 11.8. The molecule has 2 rings (SSSR count). The van der Waals surface area contributed by atoms with Crippen LogP contribution in [0, 0.1) is 5.92 Å². The fraction of sp³-hybridized carbons (Fsp3) is 0.800. The van der Waals surface area contributed by atoms with E-state index in [0.717, 1.165) is 6.42 Å². The maximum Gasteiger partial charge on any atom is 0.0951 e. The Morgan fingerprint density at radius 3 is 2.56 bits per heavy atom. The van der Waals surface area contributed by atoms with Gasteiger partial charge in [0.15, 0.2) is 0 Å². The summed E-state index contributed by atoms with van der Waals surface area (Å²) in [5.41, 5.74) is 7.56. The average molecular weight is 249 g/mol. The van der Waals surface area contributed by atoms with Gasteiger partial charge >= 0.3 is 0 Å². The van der Waals surface area contributed by atoms with E-state index in [0.29, 0.717) is 12.0 Å². The van der Waals surface area contributed by atoms with E-state index in [1.165, 1.54) is 44.2 Å². The first kappa shape index (κ1) is 13.6. The number of nitrogens with two attached hydrogens (primary N) is 1. The normalized spacial score (nSPS) is 20.0. The Balaban J connectivity index is 2.10. The molecule has 0 aromatic carbocycles. The molecule has 3 nitrogen and oxygen atoms in total. The molecule has 1 heterocycles. The topological polar surface area (TPSA) is 43.8 Å². The first-order valence-corrected chi connectivity index (χ1v) is 7.45. The molecule has 0 bridgehead atoms. The first-order chi connectivity index (χ1) is 8.68. The predicted octanol–water partition coefficient (Wildman–Crippen LogP) is 3.82. The fourth-order valence-electron chi connectivity index (χ4n) is 3.07. The SMILES string of the molecule is CC(C)CC(N)c1cncn1C1CCCCCC1. The van der Waals surface area contributed by atoms with Crippen molar-refractivity contribution in [3.8, 4) is 0 Å². The van der Waals surface area contributed by atoms with E-state index in [4.69, 9.17) is 5.73 Å². The maximum absolute atomic E-state index is 6.33. The van der Waals surface area contributed by atoms with Crippen molar-refractivity contribution < 1.29 is 0 Å². The summed E-state index contributed by atoms with van der Waals surface area (Å²) in [6, 6.07) is 0.763. The maximum atomic E-state index is 6.33. The Bertz CT molecular complexity index is 348. The van der Waals surface area contributed by atoms with Crippen LogP contribution in [-0.4, -0.2) is 9.55 Å². The second-order valence-electron chi connectivity index (χ2n) is 6.11. The molecular weight excluding hydrogens is 222 g/mol. The molecule has 3 heteroatoms. The molecule has 2 N–H and O–H groups in total. The molecule has 1 fully saturated rings. The predicted molar refractivity (Wildman–Crippen MR) is 75.3 cm³/mol. The van der Waals surface area contributed by atoms with Crippen LogP contribution < -0.4 is 5.73 Å². The highest BCUT2D eigenvalue weighted by Crippen LogP contribution is 2.30. The van der Waals surface area contributed by atoms with Gasteiger partial charge in [-0.3, -0.25) is 0 Å². The molecule has 1 aliphatic carbocycles. The molecule has 0 aliphatic heterocycles. The largest absolute Gasteiger partial charge is 0.330 e. The van der Waals surface area contributed by atoms with Crippen molar-refractivity contribution in [1.82, 2.24) is 9.55 Å². The van der Waals surface area contributed by atoms with Crippen LogP contribution in [0.2, 0.25) is 0 Å². The molecule has 1 aromatic heterocycles. The molecule has 0 radical (unpaired) electrons. The zero-order valence-electron chi connectivity index (χ0n) is 11.8. The van der Waals surface area contributed by atoms with E-state index in [2.05, 4.69) is 23.4 Å². The third-order valence-electron chi connectivity index (χ3n) is 4.02. The Morgan fingerprint density at radius 2 is 1.94 bits per heavy atom. The summed E-state index contributed by atoms with van der Waals surface area (Å²) in [4.78, 5) is 4.34. The molecule has 1 unspecified atom stereocenters. The molecule has 0 saturated heterocycles. The summed E-state index contributed by atoms with van der Waals surface area (Å²) in [7, 11) is 0. The van der Waals surface area contributed by atoms with Crippen LogP contribution >= 0.6 is 0 Å². The van der Waals surface area contributed by atoms with Crippen LogP contribution in [0.15, 0.2) is 12.5 Å². The van der Waals surface area contributed by atoms with Crippen molar-refractivity contribution >= 4 is 0 Å². The first-order valence-electron chi connectivity index (χ1n) is 7.45. The van der Waals surface area contributed by atoms with Crippen LogP contribution in [0.5, 0.6) is 0 Å². The summed E-state index contributed by atoms with van der Waals surface area (Å²) in [6.07, 6.45) is 13.1. The third-order valence-corrected chi connectivity index (χ3v) is 4.02. The molecule has 0 spiro atoms. The molecule has 18 heavy (non-hydrogen) atoms. The van der Waals surface area contributed by atoms with E-state index in [1.807, 2.05) is 12.5 Å². The number of hydrogen-bond donors (Lipinski definition) is 1. The molecule has 1 aromatic rings. The number of rotatable bonds is 4. The summed E-state index contributed by atoms with van der Waals surface area (Å²) in [6.45, 7) is 4.46. The van der Waals surface area contributed by atoms with Gasteiger partial charge in [-0.05, 0) is 25.2 Å². The Labute approximate surface area is 111 Å². The van der Waals surface area contributed by atoms with Crippen LogP contribution in [-0.2, 0) is 0 Å². The van der Waals surface area contributed by atoms with Crippen molar-refractivity contribution in [2.45, 2.75) is 70.9 Å². The van der Waals surface area contributed by atoms with Crippen molar-refractivity contribution in [2.75, 3.05) is 0 Å². The van der Waals surface area contributed by atoms with Crippen LogP contribution in [0.3, 0.4) is 0 Å². The molecule has 1 saturated carbocycles. The number of nitrogens with zero attached hydrogens (tertiary/aromatic N) is 2. The van der Waals surface area contributed by atoms with E-state index >= 15 is 0 Å². The number of hydrogen-bond acceptors (Lipinski definition) is 2. The van der Waals surface area contributed by atoms with Gasteiger partial charge in [0.2, 0.25) is 0 Å². The van der Waals surface area contributed by atoms with Gasteiger partial charge in [-0.2, -0.15) is 0 Å². The molecule has 1 aliphatic rings. The molecule has 1 atom stereocenters. The standard InChI is InChI=1S/C15H27N3/c1-12(2)9-14(16)15-10-17-11-18(15)13-7-5-3-4-6-8-13/h10-14H,3-9,16H2,1-2H3. The van der Waals surface area contributed by atoms with Crippen molar-refractivity contribution in [3.05, 3.63) is 18.2 Å². The minimum Gasteiger partial charge on any atom is -0.330 e. The van der Waals surface area contributed by atoms with Gasteiger partial charge in [0.05, 0.1) is 12.0 Å². The molecular formula is C15H27N3. The van der Waals surface area contributed by atoms with Crippen LogP contribution in [0.4, 0.5) is 0 Å². The number of aromatic nitrogens is 2. The third kappa shape index (κ3) is 3.35. The lowest BCUT2D eigenvalue weighted by Crippen LogP contribution is -2.19. The lowest BCUT2D eigenvalue weighted by molar-refractivity contribution is 0.406. The minimum atomic E-state index is 0.135. The van der Waals surface area contributed by atoms with Crippen molar-refractivity contribution in [1.29, 1.82) is 0 Å². The highest BCUT2D eigenvalue weighted by atomic mass is 15.1. The minimum absolute atomic E-state index is 0.135. The second kappa shape index (κ2) is 6.37. The summed E-state index contributed by atoms with van der Waals surface area (Å²) in [5, 5.41) is 0. The van der Waals surface area contributed by atoms with E-state index in [9.17, 15) is 0 Å². The molecule has 102 valence electrons. The van der Waals surface area contributed by atoms with Gasteiger partial charge in [0.1, 0.15) is 0 Å². The van der Waals surface area contributed by atoms with Crippen LogP contribution in [0.25, 0.3) is 0 Å². The highest BCUT2D eigenvalue weighted by Gasteiger charge is 2.20. The summed E-state index contributed by atoms with van der Waals surface area (Å²) < 4.78 is 2.36. The van der Waals surface area contributed by atoms with E-state index in [-0.39, 0.29) is 6.04 Å². The Kier molecular flexibility index (Phi) is 4.81. The van der Waals surface area contributed by atoms with Gasteiger partial charge in [-0.1, -0.05) is 39.5 Å². The summed E-state index contributed by atoms with van der Waals surface area (Å²) in [5.74, 6) is 0.637. The zero-order chi connectivity index (χ0) is 13.0. The van der Waals surface area contributed by atoms with E-state index in [1.54, 1.807) is 0 Å². The van der Waals surface area contributed by atoms with Gasteiger partial charge in [0.25, 0.3) is 0 Å². The van der Waals surface area contributed by atoms with Crippen molar-refractivity contribution in [3.63, 3.8) is 0 Å². The lowest BCUT2D eigenvalue weighted by Gasteiger charge is -2.22. The Hall–Kier alpha value is -0.830. The van der Waals surface area contributed by atoms with Gasteiger partial charge in [0, 0.05) is 18.3 Å². The van der Waals surface area contributed by atoms with Gasteiger partial charge in [-0.15, -0.1) is 0 Å². The van der Waals surface area contributed by atoms with E-state index < -0.39 is 0 Å². The van der Waals surface area contributed by atoms with Gasteiger partial charge in [-0.25, -0.2) is 4.98 Å². The highest BCUT2D eigenvalue weighted by molar-refractivity contribution is 5.06. The lowest BCUT2D eigenvalue weighted by atomic mass is 10.0. The smallest absolute Gasteiger partial charge is 0.0951 e. The monoisotopic (exact) mass is 249 g/mol. The van der Waals surface area contributed by atoms with Crippen LogP contribution in [0.1, 0.15) is 76.6 Å². The summed E-state index contributed by atoms with van der Waals surface area (Å²) >= 11 is 0. The molecule has 0 amide bonds. The van der Waals surface area contributed by atoms with Gasteiger partial charge < -0.3 is 10.3 Å².